The van der Waals surface area contributed by atoms with Crippen LogP contribution in [-0.4, -0.2) is 42.0 Å². The minimum atomic E-state index is -4.15. The molecule has 0 saturated carbocycles. The highest BCUT2D eigenvalue weighted by atomic mass is 35.5. The Morgan fingerprint density at radius 1 is 1.14 bits per heavy atom. The van der Waals surface area contributed by atoms with Crippen LogP contribution in [-0.2, 0) is 28.0 Å². The molecule has 2 heterocycles. The van der Waals surface area contributed by atoms with E-state index in [0.717, 1.165) is 22.2 Å². The van der Waals surface area contributed by atoms with Gasteiger partial charge in [-0.05, 0) is 62.1 Å². The molecule has 9 nitrogen and oxygen atoms in total. The van der Waals surface area contributed by atoms with Gasteiger partial charge in [-0.2, -0.15) is 4.31 Å². The molecule has 43 heavy (non-hydrogen) atoms. The van der Waals surface area contributed by atoms with Crippen molar-refractivity contribution in [2.24, 2.45) is 5.73 Å². The number of fused-ring (bicyclic) bond motifs is 1. The highest BCUT2D eigenvalue weighted by molar-refractivity contribution is 7.89. The van der Waals surface area contributed by atoms with Crippen molar-refractivity contribution in [1.82, 2.24) is 14.6 Å². The lowest BCUT2D eigenvalue weighted by molar-refractivity contribution is -0.124. The second kappa shape index (κ2) is 12.5. The van der Waals surface area contributed by atoms with Crippen LogP contribution in [0.25, 0.3) is 10.9 Å². The normalized spacial score (nSPS) is 15.5. The fourth-order valence-electron chi connectivity index (χ4n) is 5.25. The van der Waals surface area contributed by atoms with Gasteiger partial charge in [0.1, 0.15) is 34.6 Å². The summed E-state index contributed by atoms with van der Waals surface area (Å²) >= 11 is 13.2. The van der Waals surface area contributed by atoms with Crippen LogP contribution in [0.2, 0.25) is 10.0 Å². The highest BCUT2D eigenvalue weighted by Crippen LogP contribution is 2.36. The first-order valence-electron chi connectivity index (χ1n) is 13.7. The quantitative estimate of drug-likeness (QED) is 0.163. The van der Waals surface area contributed by atoms with Crippen LogP contribution in [0.5, 0.6) is 5.75 Å². The maximum absolute atomic E-state index is 13.9. The van der Waals surface area contributed by atoms with E-state index in [2.05, 4.69) is 10.3 Å². The molecule has 0 bridgehead atoms. The van der Waals surface area contributed by atoms with Crippen LogP contribution in [0, 0.1) is 19.3 Å². The molecule has 3 aromatic carbocycles. The van der Waals surface area contributed by atoms with Gasteiger partial charge in [-0.1, -0.05) is 59.6 Å². The van der Waals surface area contributed by atoms with Crippen LogP contribution in [0.1, 0.15) is 40.8 Å². The number of ether oxygens (including phenoxy) is 1. The summed E-state index contributed by atoms with van der Waals surface area (Å²) in [6.07, 6.45) is 0.904. The summed E-state index contributed by atoms with van der Waals surface area (Å²) in [6, 6.07) is 16.5. The first-order chi connectivity index (χ1) is 20.5. The van der Waals surface area contributed by atoms with Gasteiger partial charge < -0.3 is 15.8 Å². The fraction of sp³-hybridized carbons (Fsp3) is 0.258. The molecule has 1 aliphatic heterocycles. The number of hydrogen-bond acceptors (Lipinski definition) is 6. The minimum absolute atomic E-state index is 0.0475. The molecule has 1 fully saturated rings. The van der Waals surface area contributed by atoms with Crippen molar-refractivity contribution >= 4 is 55.9 Å². The number of aryl methyl sites for hydroxylation is 2. The number of rotatable bonds is 9. The largest absolute Gasteiger partial charge is 0.487 e. The highest BCUT2D eigenvalue weighted by Gasteiger charge is 2.40. The monoisotopic (exact) mass is 639 g/mol. The number of sulfonamides is 1. The van der Waals surface area contributed by atoms with Gasteiger partial charge >= 0.3 is 0 Å². The Hall–Kier alpha value is -3.70. The first-order valence-corrected chi connectivity index (χ1v) is 15.9. The van der Waals surface area contributed by atoms with E-state index in [9.17, 15) is 13.2 Å². The van der Waals surface area contributed by atoms with Crippen molar-refractivity contribution in [3.63, 3.8) is 0 Å². The number of para-hydroxylation sites is 1. The second-order valence-corrected chi connectivity index (χ2v) is 13.1. The number of amides is 1. The topological polar surface area (TPSA) is 138 Å². The van der Waals surface area contributed by atoms with E-state index < -0.39 is 22.0 Å². The SMILES string of the molecule is Cc1cc(C)c2cccc(OCc3c(Cl)ccc(S(=O)(=O)N4CCCC4C(=O)NCc4ccc(C(=N)N)cc4)c3Cl)c2n1. The first kappa shape index (κ1) is 30.7. The number of nitrogens with zero attached hydrogens (tertiary/aromatic N) is 2. The van der Waals surface area contributed by atoms with Crippen LogP contribution in [0.15, 0.2) is 65.6 Å². The van der Waals surface area contributed by atoms with E-state index in [1.54, 1.807) is 30.3 Å². The summed E-state index contributed by atoms with van der Waals surface area (Å²) in [5, 5.41) is 11.5. The van der Waals surface area contributed by atoms with Crippen LogP contribution in [0.3, 0.4) is 0 Å². The van der Waals surface area contributed by atoms with Gasteiger partial charge in [0.15, 0.2) is 0 Å². The van der Waals surface area contributed by atoms with E-state index in [0.29, 0.717) is 35.2 Å². The summed E-state index contributed by atoms with van der Waals surface area (Å²) in [5.74, 6) is 0.0741. The molecule has 0 radical (unpaired) electrons. The number of carbonyl (C=O) groups is 1. The number of halogens is 2. The lowest BCUT2D eigenvalue weighted by atomic mass is 10.1. The Morgan fingerprint density at radius 2 is 1.88 bits per heavy atom. The van der Waals surface area contributed by atoms with E-state index in [4.69, 9.17) is 39.1 Å². The number of hydrogen-bond donors (Lipinski definition) is 3. The summed E-state index contributed by atoms with van der Waals surface area (Å²) in [7, 11) is -4.15. The molecule has 12 heteroatoms. The summed E-state index contributed by atoms with van der Waals surface area (Å²) in [4.78, 5) is 17.6. The van der Waals surface area contributed by atoms with Crippen LogP contribution in [0.4, 0.5) is 0 Å². The smallest absolute Gasteiger partial charge is 0.245 e. The average Bonchev–Trinajstić information content (AvgIpc) is 3.47. The third-order valence-electron chi connectivity index (χ3n) is 7.48. The standard InChI is InChI=1S/C31H31Cl2N5O4S/c1-18-15-19(2)37-29-22(18)5-3-7-26(29)42-17-23-24(32)12-13-27(28(23)33)43(40,41)38-14-4-6-25(38)31(39)36-16-20-8-10-21(11-9-20)30(34)35/h3,5,7-13,15,25H,4,6,14,16-17H2,1-2H3,(H3,34,35)(H,36,39). The molecule has 0 aliphatic carbocycles. The molecular formula is C31H31Cl2N5O4S. The van der Waals surface area contributed by atoms with Crippen molar-refractivity contribution in [1.29, 1.82) is 5.41 Å². The number of benzene rings is 3. The van der Waals surface area contributed by atoms with Crippen molar-refractivity contribution in [2.45, 2.75) is 50.8 Å². The molecule has 224 valence electrons. The van der Waals surface area contributed by atoms with Gasteiger partial charge in [0.2, 0.25) is 15.9 Å². The number of nitrogens with two attached hydrogens (primary N) is 1. The number of amidine groups is 1. The zero-order valence-electron chi connectivity index (χ0n) is 23.7. The molecule has 1 amide bonds. The maximum atomic E-state index is 13.9. The summed E-state index contributed by atoms with van der Waals surface area (Å²) < 4.78 is 35.0. The number of carbonyl (C=O) groups excluding carboxylic acids is 1. The summed E-state index contributed by atoms with van der Waals surface area (Å²) in [6.45, 7) is 4.21. The van der Waals surface area contributed by atoms with Crippen LogP contribution >= 0.6 is 23.2 Å². The molecule has 4 aromatic rings. The van der Waals surface area contributed by atoms with E-state index in [1.165, 1.54) is 16.4 Å². The van der Waals surface area contributed by atoms with E-state index >= 15 is 0 Å². The van der Waals surface area contributed by atoms with E-state index in [1.807, 2.05) is 32.0 Å². The molecule has 4 N–H and O–H groups in total. The third kappa shape index (κ3) is 6.33. The summed E-state index contributed by atoms with van der Waals surface area (Å²) in [5.41, 5.74) is 9.79. The van der Waals surface area contributed by atoms with Crippen molar-refractivity contribution in [3.05, 3.63) is 98.7 Å². The molecule has 1 unspecified atom stereocenters. The predicted octanol–water partition coefficient (Wildman–Crippen LogP) is 5.49. The molecule has 5 rings (SSSR count). The molecule has 1 saturated heterocycles. The third-order valence-corrected chi connectivity index (χ3v) is 10.3. The lowest BCUT2D eigenvalue weighted by Gasteiger charge is -2.24. The van der Waals surface area contributed by atoms with Gasteiger partial charge in [0.25, 0.3) is 0 Å². The fourth-order valence-corrected chi connectivity index (χ4v) is 7.78. The Balaban J connectivity index is 1.35. The molecular weight excluding hydrogens is 609 g/mol. The Bertz CT molecular complexity index is 1830. The molecule has 1 aliphatic rings. The maximum Gasteiger partial charge on any atom is 0.245 e. The second-order valence-electron chi connectivity index (χ2n) is 10.5. The number of nitrogen functional groups attached to an aromatic ring is 1. The molecule has 0 spiro atoms. The minimum Gasteiger partial charge on any atom is -0.487 e. The molecule has 1 atom stereocenters. The molecule has 1 aromatic heterocycles. The zero-order valence-corrected chi connectivity index (χ0v) is 26.0. The van der Waals surface area contributed by atoms with Gasteiger partial charge in [-0.3, -0.25) is 10.2 Å². The Kier molecular flexibility index (Phi) is 8.94. The van der Waals surface area contributed by atoms with Gasteiger partial charge in [-0.15, -0.1) is 0 Å². The Labute approximate surface area is 260 Å². The number of nitrogens with one attached hydrogen (secondary N) is 2. The van der Waals surface area contributed by atoms with Crippen molar-refractivity contribution < 1.29 is 17.9 Å². The Morgan fingerprint density at radius 3 is 2.60 bits per heavy atom. The van der Waals surface area contributed by atoms with Gasteiger partial charge in [0.05, 0.1) is 5.02 Å². The van der Waals surface area contributed by atoms with Gasteiger partial charge in [-0.25, -0.2) is 13.4 Å². The lowest BCUT2D eigenvalue weighted by Crippen LogP contribution is -2.45. The number of aromatic nitrogens is 1. The number of pyridine rings is 1. The van der Waals surface area contributed by atoms with Crippen molar-refractivity contribution in [2.75, 3.05) is 6.54 Å². The average molecular weight is 641 g/mol. The van der Waals surface area contributed by atoms with Crippen LogP contribution < -0.4 is 15.8 Å². The zero-order chi connectivity index (χ0) is 30.9. The van der Waals surface area contributed by atoms with E-state index in [-0.39, 0.29) is 40.5 Å². The van der Waals surface area contributed by atoms with Crippen molar-refractivity contribution in [3.8, 4) is 5.75 Å². The predicted molar refractivity (Wildman–Crippen MR) is 168 cm³/mol. The van der Waals surface area contributed by atoms with Gasteiger partial charge in [0, 0.05) is 40.3 Å².